The Balaban J connectivity index is 1.87. The van der Waals surface area contributed by atoms with Gasteiger partial charge in [0.05, 0.1) is 17.4 Å². The molecule has 0 aliphatic heterocycles. The molecule has 0 fully saturated rings. The van der Waals surface area contributed by atoms with E-state index in [1.807, 2.05) is 18.2 Å². The molecule has 8 heteroatoms. The number of halogens is 1. The van der Waals surface area contributed by atoms with Crippen LogP contribution < -0.4 is 9.46 Å². The first-order chi connectivity index (χ1) is 13.8. The predicted molar refractivity (Wildman–Crippen MR) is 112 cm³/mol. The van der Waals surface area contributed by atoms with E-state index in [0.717, 1.165) is 4.47 Å². The van der Waals surface area contributed by atoms with Crippen molar-refractivity contribution in [2.75, 3.05) is 0 Å². The SMILES string of the molecule is O=C(O)C[C@@H](NS(=O)(=O)c1ccc(Br)cc1)c1cccc(Oc2ccccc2)c1. The number of para-hydroxylation sites is 1. The summed E-state index contributed by atoms with van der Waals surface area (Å²) in [6.45, 7) is 0. The molecule has 29 heavy (non-hydrogen) atoms. The molecule has 0 radical (unpaired) electrons. The highest BCUT2D eigenvalue weighted by molar-refractivity contribution is 9.10. The van der Waals surface area contributed by atoms with Crippen LogP contribution in [0.25, 0.3) is 0 Å². The van der Waals surface area contributed by atoms with Crippen molar-refractivity contribution in [1.82, 2.24) is 4.72 Å². The van der Waals surface area contributed by atoms with Gasteiger partial charge in [-0.2, -0.15) is 0 Å². The summed E-state index contributed by atoms with van der Waals surface area (Å²) in [6.07, 6.45) is -0.412. The molecule has 2 N–H and O–H groups in total. The normalized spacial score (nSPS) is 12.3. The molecule has 0 aliphatic carbocycles. The minimum Gasteiger partial charge on any atom is -0.481 e. The highest BCUT2D eigenvalue weighted by atomic mass is 79.9. The first-order valence-electron chi connectivity index (χ1n) is 8.66. The number of ether oxygens (including phenoxy) is 1. The molecule has 6 nitrogen and oxygen atoms in total. The Kier molecular flexibility index (Phi) is 6.68. The van der Waals surface area contributed by atoms with Crippen molar-refractivity contribution in [3.8, 4) is 11.5 Å². The maximum absolute atomic E-state index is 12.7. The molecule has 0 heterocycles. The zero-order valence-electron chi connectivity index (χ0n) is 15.2. The molecule has 0 saturated carbocycles. The van der Waals surface area contributed by atoms with E-state index in [-0.39, 0.29) is 4.90 Å². The maximum atomic E-state index is 12.7. The van der Waals surface area contributed by atoms with Gasteiger partial charge in [0.1, 0.15) is 11.5 Å². The Morgan fingerprint density at radius 2 is 1.62 bits per heavy atom. The van der Waals surface area contributed by atoms with Gasteiger partial charge in [-0.1, -0.05) is 46.3 Å². The van der Waals surface area contributed by atoms with Crippen molar-refractivity contribution < 1.29 is 23.1 Å². The van der Waals surface area contributed by atoms with Crippen molar-refractivity contribution in [2.45, 2.75) is 17.4 Å². The Hall–Kier alpha value is -2.68. The third-order valence-corrected chi connectivity index (χ3v) is 6.06. The molecule has 0 aliphatic rings. The Labute approximate surface area is 177 Å². The fourth-order valence-electron chi connectivity index (χ4n) is 2.69. The Morgan fingerprint density at radius 3 is 2.28 bits per heavy atom. The van der Waals surface area contributed by atoms with Crippen molar-refractivity contribution in [3.05, 3.63) is 88.9 Å². The summed E-state index contributed by atoms with van der Waals surface area (Å²) < 4.78 is 34.5. The molecule has 3 rings (SSSR count). The number of rotatable bonds is 8. The summed E-state index contributed by atoms with van der Waals surface area (Å²) in [5.41, 5.74) is 0.488. The van der Waals surface area contributed by atoms with Crippen LogP contribution in [0.5, 0.6) is 11.5 Å². The molecule has 0 spiro atoms. The second kappa shape index (κ2) is 9.21. The van der Waals surface area contributed by atoms with E-state index >= 15 is 0 Å². The first-order valence-corrected chi connectivity index (χ1v) is 10.9. The maximum Gasteiger partial charge on any atom is 0.305 e. The van der Waals surface area contributed by atoms with E-state index in [2.05, 4.69) is 20.7 Å². The number of hydrogen-bond acceptors (Lipinski definition) is 4. The quantitative estimate of drug-likeness (QED) is 0.490. The fourth-order valence-corrected chi connectivity index (χ4v) is 4.18. The Bertz CT molecular complexity index is 1090. The van der Waals surface area contributed by atoms with Gasteiger partial charge in [0.15, 0.2) is 0 Å². The van der Waals surface area contributed by atoms with E-state index in [1.54, 1.807) is 48.5 Å². The number of hydrogen-bond donors (Lipinski definition) is 2. The Morgan fingerprint density at radius 1 is 0.966 bits per heavy atom. The molecule has 1 atom stereocenters. The summed E-state index contributed by atoms with van der Waals surface area (Å²) in [5, 5.41) is 9.28. The number of carbonyl (C=O) groups is 1. The standard InChI is InChI=1S/C21H18BrNO5S/c22-16-9-11-19(12-10-16)29(26,27)23-20(14-21(24)25)15-5-4-8-18(13-15)28-17-6-2-1-3-7-17/h1-13,20,23H,14H2,(H,24,25)/t20-/m1/s1. The molecule has 0 unspecified atom stereocenters. The van der Waals surface area contributed by atoms with Gasteiger partial charge in [-0.05, 0) is 54.1 Å². The van der Waals surface area contributed by atoms with E-state index in [1.165, 1.54) is 12.1 Å². The second-order valence-electron chi connectivity index (χ2n) is 6.21. The summed E-state index contributed by atoms with van der Waals surface area (Å²) in [4.78, 5) is 11.4. The highest BCUT2D eigenvalue weighted by Crippen LogP contribution is 2.27. The minimum atomic E-state index is -3.92. The third kappa shape index (κ3) is 5.90. The van der Waals surface area contributed by atoms with Crippen LogP contribution in [-0.4, -0.2) is 19.5 Å². The number of sulfonamides is 1. The highest BCUT2D eigenvalue weighted by Gasteiger charge is 2.24. The largest absolute Gasteiger partial charge is 0.481 e. The number of carboxylic acids is 1. The topological polar surface area (TPSA) is 92.7 Å². The van der Waals surface area contributed by atoms with Gasteiger partial charge in [0, 0.05) is 4.47 Å². The van der Waals surface area contributed by atoms with Gasteiger partial charge >= 0.3 is 5.97 Å². The number of aliphatic carboxylic acids is 1. The molecule has 0 saturated heterocycles. The number of nitrogens with one attached hydrogen (secondary N) is 1. The number of carboxylic acid groups (broad SMARTS) is 1. The average molecular weight is 476 g/mol. The molecule has 150 valence electrons. The average Bonchev–Trinajstić information content (AvgIpc) is 2.68. The molecular weight excluding hydrogens is 458 g/mol. The van der Waals surface area contributed by atoms with Crippen LogP contribution in [0.1, 0.15) is 18.0 Å². The molecule has 0 amide bonds. The fraction of sp³-hybridized carbons (Fsp3) is 0.0952. The lowest BCUT2D eigenvalue weighted by Gasteiger charge is -2.18. The molecule has 3 aromatic rings. The second-order valence-corrected chi connectivity index (χ2v) is 8.84. The summed E-state index contributed by atoms with van der Waals surface area (Å²) in [5.74, 6) is -0.0234. The lowest BCUT2D eigenvalue weighted by atomic mass is 10.0. The van der Waals surface area contributed by atoms with Crippen LogP contribution in [0.2, 0.25) is 0 Å². The van der Waals surface area contributed by atoms with E-state index in [0.29, 0.717) is 17.1 Å². The van der Waals surface area contributed by atoms with E-state index in [9.17, 15) is 18.3 Å². The zero-order valence-corrected chi connectivity index (χ0v) is 17.6. The molecular formula is C21H18BrNO5S. The van der Waals surface area contributed by atoms with Crippen molar-refractivity contribution in [3.63, 3.8) is 0 Å². The smallest absolute Gasteiger partial charge is 0.305 e. The molecule has 0 aromatic heterocycles. The number of benzene rings is 3. The van der Waals surface area contributed by atoms with Gasteiger partial charge in [-0.3, -0.25) is 4.79 Å². The molecule has 0 bridgehead atoms. The summed E-state index contributed by atoms with van der Waals surface area (Å²) in [6, 6.07) is 21.0. The van der Waals surface area contributed by atoms with Crippen LogP contribution in [0.15, 0.2) is 88.2 Å². The van der Waals surface area contributed by atoms with E-state index in [4.69, 9.17) is 4.74 Å². The monoisotopic (exact) mass is 475 g/mol. The lowest BCUT2D eigenvalue weighted by molar-refractivity contribution is -0.137. The summed E-state index contributed by atoms with van der Waals surface area (Å²) in [7, 11) is -3.92. The molecule has 3 aromatic carbocycles. The van der Waals surface area contributed by atoms with Crippen LogP contribution >= 0.6 is 15.9 Å². The van der Waals surface area contributed by atoms with Gasteiger partial charge < -0.3 is 9.84 Å². The zero-order chi connectivity index (χ0) is 20.9. The third-order valence-electron chi connectivity index (χ3n) is 4.04. The first kappa shape index (κ1) is 21.0. The van der Waals surface area contributed by atoms with Crippen molar-refractivity contribution >= 4 is 31.9 Å². The van der Waals surface area contributed by atoms with E-state index < -0.39 is 28.5 Å². The van der Waals surface area contributed by atoms with Gasteiger partial charge in [-0.25, -0.2) is 13.1 Å². The van der Waals surface area contributed by atoms with Crippen LogP contribution in [0, 0.1) is 0 Å². The minimum absolute atomic E-state index is 0.0489. The van der Waals surface area contributed by atoms with Crippen LogP contribution in [0.3, 0.4) is 0 Å². The van der Waals surface area contributed by atoms with Gasteiger partial charge in [-0.15, -0.1) is 0 Å². The van der Waals surface area contributed by atoms with Crippen LogP contribution in [0.4, 0.5) is 0 Å². The van der Waals surface area contributed by atoms with Crippen molar-refractivity contribution in [1.29, 1.82) is 0 Å². The van der Waals surface area contributed by atoms with Crippen molar-refractivity contribution in [2.24, 2.45) is 0 Å². The van der Waals surface area contributed by atoms with Gasteiger partial charge in [0.2, 0.25) is 10.0 Å². The lowest BCUT2D eigenvalue weighted by Crippen LogP contribution is -2.30. The van der Waals surface area contributed by atoms with Crippen LogP contribution in [-0.2, 0) is 14.8 Å². The van der Waals surface area contributed by atoms with Gasteiger partial charge in [0.25, 0.3) is 0 Å². The summed E-state index contributed by atoms with van der Waals surface area (Å²) >= 11 is 3.26. The predicted octanol–water partition coefficient (Wildman–Crippen LogP) is 4.74.